The second-order valence-corrected chi connectivity index (χ2v) is 5.31. The van der Waals surface area contributed by atoms with Gasteiger partial charge in [0, 0.05) is 17.7 Å². The van der Waals surface area contributed by atoms with E-state index in [1.807, 2.05) is 0 Å². The number of halogens is 1. The first-order valence-electron chi connectivity index (χ1n) is 7.38. The van der Waals surface area contributed by atoms with Gasteiger partial charge in [-0.05, 0) is 42.0 Å². The number of hydrogen-bond donors (Lipinski definition) is 3. The highest BCUT2D eigenvalue weighted by atomic mass is 19.1. The molecule has 7 heteroatoms. The van der Waals surface area contributed by atoms with Crippen LogP contribution in [0.15, 0.2) is 48.5 Å². The number of carbonyl (C=O) groups excluding carboxylic acids is 1. The average molecular weight is 325 g/mol. The third-order valence-corrected chi connectivity index (χ3v) is 3.44. The summed E-state index contributed by atoms with van der Waals surface area (Å²) in [4.78, 5) is 16.3. The Hall–Kier alpha value is -3.22. The number of benzene rings is 2. The molecule has 0 radical (unpaired) electrons. The van der Waals surface area contributed by atoms with Crippen molar-refractivity contribution in [2.24, 2.45) is 0 Å². The molecular weight excluding hydrogens is 309 g/mol. The molecule has 3 aromatic rings. The maximum absolute atomic E-state index is 12.9. The molecule has 0 aliphatic carbocycles. The number of anilines is 1. The molecule has 4 N–H and O–H groups in total. The summed E-state index contributed by atoms with van der Waals surface area (Å²) in [6.07, 6.45) is 0.489. The van der Waals surface area contributed by atoms with Gasteiger partial charge in [-0.3, -0.25) is 9.89 Å². The van der Waals surface area contributed by atoms with Crippen LogP contribution < -0.4 is 11.1 Å². The van der Waals surface area contributed by atoms with Gasteiger partial charge in [0.2, 0.25) is 0 Å². The zero-order valence-corrected chi connectivity index (χ0v) is 12.8. The molecular formula is C17H16FN5O. The number of carbonyl (C=O) groups is 1. The van der Waals surface area contributed by atoms with Crippen molar-refractivity contribution in [3.8, 4) is 0 Å². The van der Waals surface area contributed by atoms with E-state index in [0.717, 1.165) is 5.56 Å². The molecule has 0 bridgehead atoms. The summed E-state index contributed by atoms with van der Waals surface area (Å²) in [5, 5.41) is 9.64. The molecule has 0 spiro atoms. The number of nitrogens with one attached hydrogen (secondary N) is 2. The van der Waals surface area contributed by atoms with Gasteiger partial charge in [-0.15, -0.1) is 0 Å². The molecule has 0 atom stereocenters. The molecule has 0 saturated carbocycles. The quantitative estimate of drug-likeness (QED) is 0.625. The second kappa shape index (κ2) is 6.91. The maximum Gasteiger partial charge on any atom is 0.251 e. The number of hydrogen-bond acceptors (Lipinski definition) is 4. The molecule has 1 aromatic heterocycles. The number of nitrogens with two attached hydrogens (primary N) is 1. The number of amides is 1. The Balaban J connectivity index is 1.56. The van der Waals surface area contributed by atoms with Gasteiger partial charge in [0.15, 0.2) is 5.82 Å². The standard InChI is InChI=1S/C17H16FN5O/c18-13-5-1-11(2-6-13)9-15-21-16(23-22-15)10-20-17(24)12-3-7-14(19)8-4-12/h1-8H,9-10,19H2,(H,20,24)(H,21,22,23). The summed E-state index contributed by atoms with van der Waals surface area (Å²) >= 11 is 0. The molecule has 1 amide bonds. The Labute approximate surface area is 137 Å². The molecule has 0 aliphatic rings. The molecule has 1 heterocycles. The van der Waals surface area contributed by atoms with E-state index < -0.39 is 0 Å². The van der Waals surface area contributed by atoms with Gasteiger partial charge < -0.3 is 11.1 Å². The van der Waals surface area contributed by atoms with Gasteiger partial charge in [0.25, 0.3) is 5.91 Å². The van der Waals surface area contributed by atoms with E-state index in [9.17, 15) is 9.18 Å². The fourth-order valence-corrected chi connectivity index (χ4v) is 2.18. The van der Waals surface area contributed by atoms with Crippen molar-refractivity contribution in [3.05, 3.63) is 77.1 Å². The molecule has 2 aromatic carbocycles. The minimum atomic E-state index is -0.278. The van der Waals surface area contributed by atoms with Crippen LogP contribution in [0.4, 0.5) is 10.1 Å². The Morgan fingerprint density at radius 3 is 2.54 bits per heavy atom. The lowest BCUT2D eigenvalue weighted by Crippen LogP contribution is -2.23. The number of aromatic amines is 1. The molecule has 3 rings (SSSR count). The highest BCUT2D eigenvalue weighted by molar-refractivity contribution is 5.94. The van der Waals surface area contributed by atoms with E-state index in [1.165, 1.54) is 12.1 Å². The average Bonchev–Trinajstić information content (AvgIpc) is 3.03. The van der Waals surface area contributed by atoms with Crippen LogP contribution in [0.3, 0.4) is 0 Å². The van der Waals surface area contributed by atoms with E-state index >= 15 is 0 Å². The summed E-state index contributed by atoms with van der Waals surface area (Å²) in [6, 6.07) is 12.8. The fourth-order valence-electron chi connectivity index (χ4n) is 2.18. The highest BCUT2D eigenvalue weighted by Gasteiger charge is 2.08. The number of nitrogen functional groups attached to an aromatic ring is 1. The lowest BCUT2D eigenvalue weighted by atomic mass is 10.1. The predicted octanol–water partition coefficient (Wildman–Crippen LogP) is 2.05. The summed E-state index contributed by atoms with van der Waals surface area (Å²) in [7, 11) is 0. The minimum Gasteiger partial charge on any atom is -0.399 e. The van der Waals surface area contributed by atoms with Crippen LogP contribution in [0.2, 0.25) is 0 Å². The topological polar surface area (TPSA) is 96.7 Å². The van der Waals surface area contributed by atoms with Crippen LogP contribution in [-0.2, 0) is 13.0 Å². The molecule has 6 nitrogen and oxygen atoms in total. The first-order chi connectivity index (χ1) is 11.6. The maximum atomic E-state index is 12.9. The van der Waals surface area contributed by atoms with Crippen molar-refractivity contribution < 1.29 is 9.18 Å². The van der Waals surface area contributed by atoms with Gasteiger partial charge in [-0.1, -0.05) is 12.1 Å². The molecule has 24 heavy (non-hydrogen) atoms. The smallest absolute Gasteiger partial charge is 0.251 e. The van der Waals surface area contributed by atoms with Crippen molar-refractivity contribution >= 4 is 11.6 Å². The zero-order valence-electron chi connectivity index (χ0n) is 12.8. The zero-order chi connectivity index (χ0) is 16.9. The van der Waals surface area contributed by atoms with Crippen LogP contribution >= 0.6 is 0 Å². The van der Waals surface area contributed by atoms with E-state index in [-0.39, 0.29) is 18.3 Å². The lowest BCUT2D eigenvalue weighted by Gasteiger charge is -2.03. The van der Waals surface area contributed by atoms with E-state index in [2.05, 4.69) is 20.5 Å². The normalized spacial score (nSPS) is 10.5. The van der Waals surface area contributed by atoms with Crippen molar-refractivity contribution in [1.82, 2.24) is 20.5 Å². The summed E-state index contributed by atoms with van der Waals surface area (Å²) in [6.45, 7) is 0.236. The van der Waals surface area contributed by atoms with Gasteiger partial charge >= 0.3 is 0 Å². The largest absolute Gasteiger partial charge is 0.399 e. The first-order valence-corrected chi connectivity index (χ1v) is 7.38. The third-order valence-electron chi connectivity index (χ3n) is 3.44. The van der Waals surface area contributed by atoms with Crippen LogP contribution in [0, 0.1) is 5.82 Å². The van der Waals surface area contributed by atoms with E-state index in [0.29, 0.717) is 29.3 Å². The van der Waals surface area contributed by atoms with Crippen LogP contribution in [0.5, 0.6) is 0 Å². The van der Waals surface area contributed by atoms with Crippen LogP contribution in [-0.4, -0.2) is 21.1 Å². The fraction of sp³-hybridized carbons (Fsp3) is 0.118. The third kappa shape index (κ3) is 3.95. The van der Waals surface area contributed by atoms with Gasteiger partial charge in [0.1, 0.15) is 11.6 Å². The summed E-state index contributed by atoms with van der Waals surface area (Å²) in [5.41, 5.74) is 7.63. The van der Waals surface area contributed by atoms with Crippen molar-refractivity contribution in [1.29, 1.82) is 0 Å². The Morgan fingerprint density at radius 1 is 1.12 bits per heavy atom. The Kier molecular flexibility index (Phi) is 4.51. The Morgan fingerprint density at radius 2 is 1.83 bits per heavy atom. The number of aromatic nitrogens is 3. The van der Waals surface area contributed by atoms with Crippen LogP contribution in [0.1, 0.15) is 27.6 Å². The molecule has 122 valence electrons. The second-order valence-electron chi connectivity index (χ2n) is 5.31. The van der Waals surface area contributed by atoms with Gasteiger partial charge in [-0.2, -0.15) is 5.10 Å². The molecule has 0 fully saturated rings. The minimum absolute atomic E-state index is 0.216. The number of rotatable bonds is 5. The SMILES string of the molecule is Nc1ccc(C(=O)NCc2nc(Cc3ccc(F)cc3)n[nH]2)cc1. The number of H-pyrrole nitrogens is 1. The van der Waals surface area contributed by atoms with E-state index in [1.54, 1.807) is 36.4 Å². The monoisotopic (exact) mass is 325 g/mol. The van der Waals surface area contributed by atoms with E-state index in [4.69, 9.17) is 5.73 Å². The van der Waals surface area contributed by atoms with Gasteiger partial charge in [-0.25, -0.2) is 9.37 Å². The lowest BCUT2D eigenvalue weighted by molar-refractivity contribution is 0.0950. The highest BCUT2D eigenvalue weighted by Crippen LogP contribution is 2.08. The molecule has 0 unspecified atom stereocenters. The summed E-state index contributed by atoms with van der Waals surface area (Å²) in [5.74, 6) is 0.639. The van der Waals surface area contributed by atoms with Crippen molar-refractivity contribution in [2.45, 2.75) is 13.0 Å². The number of nitrogens with zero attached hydrogens (tertiary/aromatic N) is 2. The Bertz CT molecular complexity index is 827. The van der Waals surface area contributed by atoms with Crippen molar-refractivity contribution in [2.75, 3.05) is 5.73 Å². The molecule has 0 saturated heterocycles. The summed E-state index contributed by atoms with van der Waals surface area (Å²) < 4.78 is 12.9. The van der Waals surface area contributed by atoms with Crippen LogP contribution in [0.25, 0.3) is 0 Å². The first kappa shape index (κ1) is 15.7. The molecule has 0 aliphatic heterocycles. The van der Waals surface area contributed by atoms with Gasteiger partial charge in [0.05, 0.1) is 6.54 Å². The predicted molar refractivity (Wildman–Crippen MR) is 87.6 cm³/mol. The van der Waals surface area contributed by atoms with Crippen molar-refractivity contribution in [3.63, 3.8) is 0 Å².